The molecule has 8 heteroatoms. The lowest BCUT2D eigenvalue weighted by molar-refractivity contribution is 0.0887. The average molecular weight is 331 g/mol. The van der Waals surface area contributed by atoms with Gasteiger partial charge in [-0.25, -0.2) is 4.68 Å². The van der Waals surface area contributed by atoms with Crippen LogP contribution in [-0.2, 0) is 6.54 Å². The maximum atomic E-state index is 12.7. The summed E-state index contributed by atoms with van der Waals surface area (Å²) >= 11 is 0. The lowest BCUT2D eigenvalue weighted by atomic mass is 10.2. The predicted octanol–water partition coefficient (Wildman–Crippen LogP) is 1.43. The second kappa shape index (κ2) is 6.18. The first-order valence-corrected chi connectivity index (χ1v) is 8.39. The molecular formula is C16H21N5O3. The van der Waals surface area contributed by atoms with Crippen molar-refractivity contribution in [2.24, 2.45) is 0 Å². The molecule has 1 fully saturated rings. The number of rotatable bonds is 4. The molecule has 2 aromatic heterocycles. The Morgan fingerprint density at radius 2 is 2.38 bits per heavy atom. The Bertz CT molecular complexity index is 724. The van der Waals surface area contributed by atoms with Crippen LogP contribution in [0, 0.1) is 6.92 Å². The van der Waals surface area contributed by atoms with E-state index in [4.69, 9.17) is 9.47 Å². The Hall–Kier alpha value is -2.51. The molecular weight excluding hydrogens is 310 g/mol. The zero-order valence-electron chi connectivity index (χ0n) is 13.6. The molecule has 24 heavy (non-hydrogen) atoms. The van der Waals surface area contributed by atoms with Gasteiger partial charge in [0, 0.05) is 18.5 Å². The molecule has 4 rings (SSSR count). The largest absolute Gasteiger partial charge is 0.485 e. The van der Waals surface area contributed by atoms with E-state index in [0.717, 1.165) is 37.8 Å². The van der Waals surface area contributed by atoms with Crippen LogP contribution in [0.5, 0.6) is 11.6 Å². The van der Waals surface area contributed by atoms with Gasteiger partial charge < -0.3 is 14.8 Å². The monoisotopic (exact) mass is 331 g/mol. The standard InChI is InChI=1S/C16H21N5O3/c1-10-14(20-21-6-3-7-23-16(10)21)15(22)19-12-4-2-5-13(12)24-11-8-17-18-9-11/h8-9,12-13H,2-7H2,1H3,(H,17,18)(H,19,22)/t12-,13+/m0/s1. The van der Waals surface area contributed by atoms with Crippen LogP contribution in [0.3, 0.4) is 0 Å². The topological polar surface area (TPSA) is 94.1 Å². The predicted molar refractivity (Wildman–Crippen MR) is 85.2 cm³/mol. The second-order valence-corrected chi connectivity index (χ2v) is 6.31. The van der Waals surface area contributed by atoms with Crippen LogP contribution < -0.4 is 14.8 Å². The number of H-pyrrole nitrogens is 1. The highest BCUT2D eigenvalue weighted by atomic mass is 16.5. The first-order chi connectivity index (χ1) is 11.7. The summed E-state index contributed by atoms with van der Waals surface area (Å²) in [5, 5.41) is 14.1. The Kier molecular flexibility index (Phi) is 3.87. The summed E-state index contributed by atoms with van der Waals surface area (Å²) in [6, 6.07) is -0.0218. The number of hydrogen-bond donors (Lipinski definition) is 2. The third kappa shape index (κ3) is 2.72. The van der Waals surface area contributed by atoms with Gasteiger partial charge in [0.1, 0.15) is 6.10 Å². The number of aromatic nitrogens is 4. The van der Waals surface area contributed by atoms with Crippen LogP contribution in [0.25, 0.3) is 0 Å². The van der Waals surface area contributed by atoms with E-state index in [9.17, 15) is 4.79 Å². The highest BCUT2D eigenvalue weighted by Gasteiger charge is 2.32. The zero-order chi connectivity index (χ0) is 16.5. The molecule has 2 atom stereocenters. The minimum Gasteiger partial charge on any atom is -0.485 e. The number of aromatic amines is 1. The van der Waals surface area contributed by atoms with Crippen molar-refractivity contribution < 1.29 is 14.3 Å². The molecule has 1 saturated carbocycles. The average Bonchev–Trinajstić information content (AvgIpc) is 3.31. The third-order valence-corrected chi connectivity index (χ3v) is 4.63. The minimum atomic E-state index is -0.161. The van der Waals surface area contributed by atoms with E-state index in [-0.39, 0.29) is 18.1 Å². The van der Waals surface area contributed by atoms with E-state index in [0.29, 0.717) is 23.9 Å². The molecule has 0 aromatic carbocycles. The number of hydrogen-bond acceptors (Lipinski definition) is 5. The van der Waals surface area contributed by atoms with Crippen molar-refractivity contribution in [2.45, 2.75) is 51.3 Å². The van der Waals surface area contributed by atoms with Gasteiger partial charge in [-0.1, -0.05) is 0 Å². The van der Waals surface area contributed by atoms with Gasteiger partial charge in [-0.15, -0.1) is 0 Å². The van der Waals surface area contributed by atoms with Crippen molar-refractivity contribution >= 4 is 5.91 Å². The lowest BCUT2D eigenvalue weighted by Gasteiger charge is -2.21. The van der Waals surface area contributed by atoms with Crippen LogP contribution in [0.15, 0.2) is 12.4 Å². The van der Waals surface area contributed by atoms with Crippen molar-refractivity contribution in [3.8, 4) is 11.6 Å². The van der Waals surface area contributed by atoms with Gasteiger partial charge >= 0.3 is 0 Å². The molecule has 128 valence electrons. The SMILES string of the molecule is Cc1c(C(=O)N[C@H]2CCC[C@H]2Oc2cn[nH]c2)nn2c1OCCC2. The summed E-state index contributed by atoms with van der Waals surface area (Å²) in [7, 11) is 0. The molecule has 1 aliphatic carbocycles. The highest BCUT2D eigenvalue weighted by Crippen LogP contribution is 2.27. The first-order valence-electron chi connectivity index (χ1n) is 8.39. The maximum absolute atomic E-state index is 12.7. The minimum absolute atomic E-state index is 0.0218. The summed E-state index contributed by atoms with van der Waals surface area (Å²) in [4.78, 5) is 12.7. The van der Waals surface area contributed by atoms with Crippen molar-refractivity contribution in [3.63, 3.8) is 0 Å². The normalized spacial score (nSPS) is 22.7. The summed E-state index contributed by atoms with van der Waals surface area (Å²) in [5.41, 5.74) is 1.25. The van der Waals surface area contributed by atoms with Crippen molar-refractivity contribution in [3.05, 3.63) is 23.7 Å². The van der Waals surface area contributed by atoms with Crippen molar-refractivity contribution in [1.82, 2.24) is 25.3 Å². The van der Waals surface area contributed by atoms with Crippen LogP contribution >= 0.6 is 0 Å². The van der Waals surface area contributed by atoms with Gasteiger partial charge in [-0.2, -0.15) is 10.2 Å². The fourth-order valence-corrected chi connectivity index (χ4v) is 3.42. The number of fused-ring (bicyclic) bond motifs is 1. The number of carbonyl (C=O) groups excluding carboxylic acids is 1. The van der Waals surface area contributed by atoms with Crippen molar-refractivity contribution in [1.29, 1.82) is 0 Å². The Morgan fingerprint density at radius 1 is 1.46 bits per heavy atom. The van der Waals surface area contributed by atoms with Gasteiger partial charge in [-0.3, -0.25) is 9.89 Å². The zero-order valence-corrected chi connectivity index (χ0v) is 13.6. The van der Waals surface area contributed by atoms with Crippen LogP contribution in [-0.4, -0.2) is 44.6 Å². The first kappa shape index (κ1) is 15.0. The Balaban J connectivity index is 1.46. The van der Waals surface area contributed by atoms with Gasteiger partial charge in [0.05, 0.1) is 25.0 Å². The quantitative estimate of drug-likeness (QED) is 0.884. The molecule has 2 aliphatic rings. The van der Waals surface area contributed by atoms with E-state index >= 15 is 0 Å². The molecule has 0 spiro atoms. The van der Waals surface area contributed by atoms with E-state index in [1.54, 1.807) is 17.1 Å². The molecule has 2 aromatic rings. The molecule has 8 nitrogen and oxygen atoms in total. The second-order valence-electron chi connectivity index (χ2n) is 6.31. The van der Waals surface area contributed by atoms with Gasteiger partial charge in [0.2, 0.25) is 5.88 Å². The molecule has 0 unspecified atom stereocenters. The molecule has 0 bridgehead atoms. The van der Waals surface area contributed by atoms with Crippen LogP contribution in [0.1, 0.15) is 41.7 Å². The number of carbonyl (C=O) groups is 1. The third-order valence-electron chi connectivity index (χ3n) is 4.63. The lowest BCUT2D eigenvalue weighted by Crippen LogP contribution is -2.42. The Labute approximate surface area is 139 Å². The van der Waals surface area contributed by atoms with Crippen LogP contribution in [0.2, 0.25) is 0 Å². The van der Waals surface area contributed by atoms with E-state index in [2.05, 4.69) is 20.6 Å². The summed E-state index contributed by atoms with van der Waals surface area (Å²) in [6.07, 6.45) is 7.06. The molecule has 2 N–H and O–H groups in total. The van der Waals surface area contributed by atoms with Crippen molar-refractivity contribution in [2.75, 3.05) is 6.61 Å². The summed E-state index contributed by atoms with van der Waals surface area (Å²) in [5.74, 6) is 1.25. The summed E-state index contributed by atoms with van der Waals surface area (Å²) < 4.78 is 13.3. The number of nitrogens with one attached hydrogen (secondary N) is 2. The van der Waals surface area contributed by atoms with Crippen LogP contribution in [0.4, 0.5) is 0 Å². The smallest absolute Gasteiger partial charge is 0.272 e. The Morgan fingerprint density at radius 3 is 3.17 bits per heavy atom. The maximum Gasteiger partial charge on any atom is 0.272 e. The van der Waals surface area contributed by atoms with Gasteiger partial charge in [0.25, 0.3) is 5.91 Å². The number of aryl methyl sites for hydroxylation is 1. The molecule has 0 saturated heterocycles. The van der Waals surface area contributed by atoms with Gasteiger partial charge in [0.15, 0.2) is 11.4 Å². The molecule has 3 heterocycles. The van der Waals surface area contributed by atoms with E-state index < -0.39 is 0 Å². The molecule has 1 amide bonds. The number of nitrogens with zero attached hydrogens (tertiary/aromatic N) is 3. The number of ether oxygens (including phenoxy) is 2. The fraction of sp³-hybridized carbons (Fsp3) is 0.562. The van der Waals surface area contributed by atoms with E-state index in [1.165, 1.54) is 0 Å². The number of amides is 1. The van der Waals surface area contributed by atoms with Gasteiger partial charge in [-0.05, 0) is 26.2 Å². The summed E-state index contributed by atoms with van der Waals surface area (Å²) in [6.45, 7) is 3.35. The van der Waals surface area contributed by atoms with E-state index in [1.807, 2.05) is 6.92 Å². The highest BCUT2D eigenvalue weighted by molar-refractivity contribution is 5.94. The fourth-order valence-electron chi connectivity index (χ4n) is 3.42. The molecule has 1 aliphatic heterocycles. The molecule has 0 radical (unpaired) electrons.